The first-order valence-electron chi connectivity index (χ1n) is 10.7. The van der Waals surface area contributed by atoms with Gasteiger partial charge in [-0.25, -0.2) is 19.2 Å². The molecule has 5 rings (SSSR count). The molecule has 7 heteroatoms. The van der Waals surface area contributed by atoms with Gasteiger partial charge in [0.05, 0.1) is 23.5 Å². The van der Waals surface area contributed by atoms with Crippen LogP contribution in [-0.2, 0) is 6.54 Å². The highest BCUT2D eigenvalue weighted by Crippen LogP contribution is 2.35. The standard InChI is InChI=1S/C27H19ClFN3O2/c1-15(16-6-8-17(9-7-16)27(33)34)26-31-14-18-13-30-25(21-4-2-3-5-23(21)29)20-11-10-19(28)12-22(20)24(18)32-26/h2-12,14-15H,13H2,1H3,(H,33,34)/t15-/m0/s1. The first-order chi connectivity index (χ1) is 16.4. The first kappa shape index (κ1) is 21.9. The lowest BCUT2D eigenvalue weighted by Crippen LogP contribution is -2.08. The van der Waals surface area contributed by atoms with E-state index in [1.165, 1.54) is 6.07 Å². The molecule has 0 spiro atoms. The molecule has 0 saturated heterocycles. The largest absolute Gasteiger partial charge is 0.478 e. The highest BCUT2D eigenvalue weighted by Gasteiger charge is 2.24. The molecule has 0 fully saturated rings. The Bertz CT molecular complexity index is 1450. The number of aliphatic imine (C=N–C) groups is 1. The molecule has 4 aromatic rings. The molecule has 2 heterocycles. The lowest BCUT2D eigenvalue weighted by molar-refractivity contribution is 0.0697. The molecule has 0 unspecified atom stereocenters. The van der Waals surface area contributed by atoms with Gasteiger partial charge >= 0.3 is 5.97 Å². The number of fused-ring (bicyclic) bond motifs is 3. The van der Waals surface area contributed by atoms with Crippen LogP contribution >= 0.6 is 11.6 Å². The normalized spacial score (nSPS) is 13.3. The average molecular weight is 472 g/mol. The van der Waals surface area contributed by atoms with Crippen molar-refractivity contribution in [2.24, 2.45) is 4.99 Å². The van der Waals surface area contributed by atoms with Gasteiger partial charge < -0.3 is 5.11 Å². The lowest BCUT2D eigenvalue weighted by atomic mass is 9.94. The Kier molecular flexibility index (Phi) is 5.67. The van der Waals surface area contributed by atoms with Crippen LogP contribution in [0, 0.1) is 5.82 Å². The number of nitrogens with zero attached hydrogens (tertiary/aromatic N) is 3. The van der Waals surface area contributed by atoms with Gasteiger partial charge in [0, 0.05) is 39.4 Å². The molecule has 0 saturated carbocycles. The molecule has 168 valence electrons. The fraction of sp³-hybridized carbons (Fsp3) is 0.111. The minimum absolute atomic E-state index is 0.175. The molecule has 3 aromatic carbocycles. The SMILES string of the molecule is C[C@@H](c1ccc(C(=O)O)cc1)c1ncc2c(n1)-c1cc(Cl)ccc1C(c1ccccc1F)=NC2. The van der Waals surface area contributed by atoms with Crippen molar-refractivity contribution in [2.45, 2.75) is 19.4 Å². The van der Waals surface area contributed by atoms with E-state index in [2.05, 4.69) is 4.98 Å². The van der Waals surface area contributed by atoms with Crippen molar-refractivity contribution in [1.82, 2.24) is 9.97 Å². The second-order valence-corrected chi connectivity index (χ2v) is 8.52. The zero-order valence-corrected chi connectivity index (χ0v) is 18.9. The molecule has 1 aliphatic heterocycles. The molecule has 1 aromatic heterocycles. The summed E-state index contributed by atoms with van der Waals surface area (Å²) in [4.78, 5) is 25.4. The number of benzene rings is 3. The van der Waals surface area contributed by atoms with Gasteiger partial charge in [-0.05, 0) is 42.0 Å². The summed E-state index contributed by atoms with van der Waals surface area (Å²) in [6.07, 6.45) is 1.75. The number of aromatic nitrogens is 2. The van der Waals surface area contributed by atoms with E-state index in [0.29, 0.717) is 34.4 Å². The number of aromatic carboxylic acids is 1. The molecule has 34 heavy (non-hydrogen) atoms. The van der Waals surface area contributed by atoms with Crippen LogP contribution in [-0.4, -0.2) is 26.8 Å². The van der Waals surface area contributed by atoms with E-state index < -0.39 is 5.97 Å². The number of hydrogen-bond acceptors (Lipinski definition) is 4. The van der Waals surface area contributed by atoms with Crippen molar-refractivity contribution in [2.75, 3.05) is 0 Å². The second-order valence-electron chi connectivity index (χ2n) is 8.09. The van der Waals surface area contributed by atoms with E-state index in [9.17, 15) is 9.18 Å². The number of halogens is 2. The molecule has 5 nitrogen and oxygen atoms in total. The van der Waals surface area contributed by atoms with E-state index in [1.807, 2.05) is 19.1 Å². The van der Waals surface area contributed by atoms with Gasteiger partial charge in [-0.15, -0.1) is 0 Å². The van der Waals surface area contributed by atoms with Crippen LogP contribution in [0.2, 0.25) is 5.02 Å². The van der Waals surface area contributed by atoms with E-state index in [4.69, 9.17) is 26.7 Å². The molecule has 0 bridgehead atoms. The summed E-state index contributed by atoms with van der Waals surface area (Å²) >= 11 is 6.35. The van der Waals surface area contributed by atoms with Crippen molar-refractivity contribution < 1.29 is 14.3 Å². The Morgan fingerprint density at radius 1 is 1.03 bits per heavy atom. The Hall–Kier alpha value is -3.90. The summed E-state index contributed by atoms with van der Waals surface area (Å²) in [5.41, 5.74) is 5.10. The van der Waals surface area contributed by atoms with Crippen LogP contribution in [0.3, 0.4) is 0 Å². The van der Waals surface area contributed by atoms with Crippen molar-refractivity contribution in [3.8, 4) is 11.3 Å². The molecule has 1 atom stereocenters. The Labute approximate surface area is 200 Å². The summed E-state index contributed by atoms with van der Waals surface area (Å²) in [6.45, 7) is 2.27. The van der Waals surface area contributed by atoms with Gasteiger partial charge in [0.15, 0.2) is 0 Å². The minimum Gasteiger partial charge on any atom is -0.478 e. The van der Waals surface area contributed by atoms with E-state index in [1.54, 1.807) is 54.7 Å². The fourth-order valence-corrected chi connectivity index (χ4v) is 4.27. The molecule has 1 N–H and O–H groups in total. The predicted molar refractivity (Wildman–Crippen MR) is 129 cm³/mol. The molecule has 0 amide bonds. The highest BCUT2D eigenvalue weighted by molar-refractivity contribution is 6.31. The highest BCUT2D eigenvalue weighted by atomic mass is 35.5. The molecular weight excluding hydrogens is 453 g/mol. The van der Waals surface area contributed by atoms with E-state index >= 15 is 0 Å². The second kappa shape index (κ2) is 8.80. The zero-order valence-electron chi connectivity index (χ0n) is 18.2. The first-order valence-corrected chi connectivity index (χ1v) is 11.1. The van der Waals surface area contributed by atoms with Gasteiger partial charge in [0.25, 0.3) is 0 Å². The monoisotopic (exact) mass is 471 g/mol. The van der Waals surface area contributed by atoms with Crippen LogP contribution in [0.1, 0.15) is 51.3 Å². The van der Waals surface area contributed by atoms with Crippen molar-refractivity contribution >= 4 is 23.3 Å². The third kappa shape index (κ3) is 3.97. The summed E-state index contributed by atoms with van der Waals surface area (Å²) in [6, 6.07) is 18.7. The van der Waals surface area contributed by atoms with Gasteiger partial charge in [-0.3, -0.25) is 4.99 Å². The predicted octanol–water partition coefficient (Wildman–Crippen LogP) is 6.14. The van der Waals surface area contributed by atoms with E-state index in [-0.39, 0.29) is 17.3 Å². The van der Waals surface area contributed by atoms with Crippen LogP contribution in [0.25, 0.3) is 11.3 Å². The minimum atomic E-state index is -0.973. The molecule has 0 aliphatic carbocycles. The maximum Gasteiger partial charge on any atom is 0.335 e. The zero-order chi connectivity index (χ0) is 23.8. The maximum atomic E-state index is 14.7. The topological polar surface area (TPSA) is 75.4 Å². The Balaban J connectivity index is 1.61. The molecule has 1 aliphatic rings. The summed E-state index contributed by atoms with van der Waals surface area (Å²) < 4.78 is 14.7. The van der Waals surface area contributed by atoms with Crippen LogP contribution < -0.4 is 0 Å². The fourth-order valence-electron chi connectivity index (χ4n) is 4.09. The molecular formula is C27H19ClFN3O2. The number of carbonyl (C=O) groups is 1. The number of rotatable bonds is 4. The van der Waals surface area contributed by atoms with Crippen molar-refractivity contribution in [3.05, 3.63) is 117 Å². The van der Waals surface area contributed by atoms with Gasteiger partial charge in [-0.2, -0.15) is 0 Å². The number of hydrogen-bond donors (Lipinski definition) is 1. The Morgan fingerprint density at radius 3 is 2.53 bits per heavy atom. The summed E-state index contributed by atoms with van der Waals surface area (Å²) in [5, 5.41) is 9.70. The average Bonchev–Trinajstić information content (AvgIpc) is 3.00. The third-order valence-electron chi connectivity index (χ3n) is 5.96. The summed E-state index contributed by atoms with van der Waals surface area (Å²) in [7, 11) is 0. The van der Waals surface area contributed by atoms with Crippen molar-refractivity contribution in [3.63, 3.8) is 0 Å². The maximum absolute atomic E-state index is 14.7. The third-order valence-corrected chi connectivity index (χ3v) is 6.19. The summed E-state index contributed by atoms with van der Waals surface area (Å²) in [5.74, 6) is -0.911. The number of carboxylic acids is 1. The van der Waals surface area contributed by atoms with Crippen LogP contribution in [0.15, 0.2) is 77.9 Å². The Morgan fingerprint density at radius 2 is 1.79 bits per heavy atom. The number of carboxylic acid groups (broad SMARTS) is 1. The van der Waals surface area contributed by atoms with Gasteiger partial charge in [0.2, 0.25) is 0 Å². The van der Waals surface area contributed by atoms with Crippen molar-refractivity contribution in [1.29, 1.82) is 0 Å². The quantitative estimate of drug-likeness (QED) is 0.388. The van der Waals surface area contributed by atoms with Gasteiger partial charge in [0.1, 0.15) is 11.6 Å². The van der Waals surface area contributed by atoms with E-state index in [0.717, 1.165) is 22.3 Å². The lowest BCUT2D eigenvalue weighted by Gasteiger charge is -2.15. The molecule has 0 radical (unpaired) electrons. The van der Waals surface area contributed by atoms with Gasteiger partial charge in [-0.1, -0.05) is 48.9 Å². The smallest absolute Gasteiger partial charge is 0.335 e. The van der Waals surface area contributed by atoms with Crippen LogP contribution in [0.5, 0.6) is 0 Å². The van der Waals surface area contributed by atoms with Crippen LogP contribution in [0.4, 0.5) is 4.39 Å².